The summed E-state index contributed by atoms with van der Waals surface area (Å²) in [7, 11) is -3.92. The molecule has 0 atom stereocenters. The number of pyridine rings is 1. The maximum atomic E-state index is 12.9. The number of fused-ring (bicyclic) bond motifs is 2. The van der Waals surface area contributed by atoms with Crippen molar-refractivity contribution < 1.29 is 8.42 Å². The van der Waals surface area contributed by atoms with Crippen LogP contribution in [0.3, 0.4) is 0 Å². The number of nitrogens with zero attached hydrogens (tertiary/aromatic N) is 1. The molecular weight excluding hydrogens is 368 g/mol. The van der Waals surface area contributed by atoms with Gasteiger partial charge in [-0.2, -0.15) is 0 Å². The maximum Gasteiger partial charge on any atom is 0.314 e. The highest BCUT2D eigenvalue weighted by Gasteiger charge is 2.19. The summed E-state index contributed by atoms with van der Waals surface area (Å²) in [5.41, 5.74) is 0.404. The van der Waals surface area contributed by atoms with E-state index in [0.717, 1.165) is 5.39 Å². The molecule has 2 aromatic heterocycles. The minimum Gasteiger partial charge on any atom is -0.316 e. The van der Waals surface area contributed by atoms with E-state index < -0.39 is 21.1 Å². The summed E-state index contributed by atoms with van der Waals surface area (Å²) in [5.74, 6) is 0. The molecule has 0 aliphatic carbocycles. The highest BCUT2D eigenvalue weighted by molar-refractivity contribution is 7.92. The maximum absolute atomic E-state index is 12.9. The lowest BCUT2D eigenvalue weighted by Gasteiger charge is -2.12. The van der Waals surface area contributed by atoms with E-state index in [2.05, 4.69) is 19.7 Å². The molecule has 0 amide bonds. The van der Waals surface area contributed by atoms with Crippen molar-refractivity contribution in [3.63, 3.8) is 0 Å². The van der Waals surface area contributed by atoms with Gasteiger partial charge < -0.3 is 9.97 Å². The normalized spacial score (nSPS) is 11.7. The first kappa shape index (κ1) is 17.0. The Labute approximate surface area is 153 Å². The zero-order chi connectivity index (χ0) is 19.2. The second-order valence-electron chi connectivity index (χ2n) is 6.09. The van der Waals surface area contributed by atoms with Crippen molar-refractivity contribution in [2.24, 2.45) is 0 Å². The van der Waals surface area contributed by atoms with Gasteiger partial charge in [0.15, 0.2) is 0 Å². The SMILES string of the molecule is Cc1cc2[nH]c(=O)c(=O)[nH]c2cc1S(=O)(=O)Nc1ccc2cccnc2c1. The van der Waals surface area contributed by atoms with Crippen LogP contribution in [0.15, 0.2) is 63.1 Å². The van der Waals surface area contributed by atoms with Crippen LogP contribution in [0, 0.1) is 6.92 Å². The van der Waals surface area contributed by atoms with E-state index in [1.807, 2.05) is 6.07 Å². The molecule has 4 rings (SSSR count). The molecule has 3 N–H and O–H groups in total. The number of rotatable bonds is 3. The predicted octanol–water partition coefficient (Wildman–Crippen LogP) is 1.87. The van der Waals surface area contributed by atoms with Crippen molar-refractivity contribution in [3.8, 4) is 0 Å². The van der Waals surface area contributed by atoms with Crippen LogP contribution < -0.4 is 15.8 Å². The van der Waals surface area contributed by atoms with Gasteiger partial charge in [0, 0.05) is 11.6 Å². The summed E-state index contributed by atoms with van der Waals surface area (Å²) >= 11 is 0. The summed E-state index contributed by atoms with van der Waals surface area (Å²) < 4.78 is 28.2. The van der Waals surface area contributed by atoms with Gasteiger partial charge in [0.25, 0.3) is 10.0 Å². The molecule has 0 spiro atoms. The average Bonchev–Trinajstić information content (AvgIpc) is 2.62. The number of aromatic nitrogens is 3. The minimum atomic E-state index is -3.92. The fourth-order valence-electron chi connectivity index (χ4n) is 2.88. The highest BCUT2D eigenvalue weighted by atomic mass is 32.2. The Balaban J connectivity index is 1.80. The number of benzene rings is 2. The lowest BCUT2D eigenvalue weighted by molar-refractivity contribution is 0.600. The number of hydrogen-bond acceptors (Lipinski definition) is 5. The highest BCUT2D eigenvalue weighted by Crippen LogP contribution is 2.24. The van der Waals surface area contributed by atoms with E-state index in [-0.39, 0.29) is 10.4 Å². The molecule has 2 aromatic carbocycles. The molecule has 9 heteroatoms. The second-order valence-corrected chi connectivity index (χ2v) is 7.74. The average molecular weight is 382 g/mol. The summed E-state index contributed by atoms with van der Waals surface area (Å²) in [5, 5.41) is 0.892. The summed E-state index contributed by atoms with van der Waals surface area (Å²) in [6, 6.07) is 11.6. The van der Waals surface area contributed by atoms with Crippen molar-refractivity contribution in [3.05, 3.63) is 74.9 Å². The third-order valence-corrected chi connectivity index (χ3v) is 5.69. The van der Waals surface area contributed by atoms with Crippen LogP contribution in [0.5, 0.6) is 0 Å². The Kier molecular flexibility index (Phi) is 3.81. The van der Waals surface area contributed by atoms with Gasteiger partial charge in [-0.05, 0) is 42.8 Å². The standard InChI is InChI=1S/C18H14N4O4S/c1-10-7-14-15(21-18(24)17(23)20-14)9-16(10)27(25,26)22-12-5-4-11-3-2-6-19-13(11)8-12/h2-9,22H,1H3,(H,20,23)(H,21,24). The second kappa shape index (κ2) is 6.06. The van der Waals surface area contributed by atoms with Crippen molar-refractivity contribution in [2.45, 2.75) is 11.8 Å². The number of nitrogens with one attached hydrogen (secondary N) is 3. The van der Waals surface area contributed by atoms with Gasteiger partial charge >= 0.3 is 11.1 Å². The number of aromatic amines is 2. The van der Waals surface area contributed by atoms with E-state index in [4.69, 9.17) is 0 Å². The van der Waals surface area contributed by atoms with Gasteiger partial charge in [-0.15, -0.1) is 0 Å². The van der Waals surface area contributed by atoms with E-state index in [1.165, 1.54) is 12.1 Å². The van der Waals surface area contributed by atoms with Crippen LogP contribution in [-0.4, -0.2) is 23.4 Å². The zero-order valence-electron chi connectivity index (χ0n) is 14.1. The monoisotopic (exact) mass is 382 g/mol. The first-order valence-corrected chi connectivity index (χ1v) is 9.46. The minimum absolute atomic E-state index is 0.00110. The van der Waals surface area contributed by atoms with Crippen molar-refractivity contribution in [1.82, 2.24) is 15.0 Å². The molecule has 4 aromatic rings. The van der Waals surface area contributed by atoms with Gasteiger partial charge in [0.2, 0.25) is 0 Å². The fraction of sp³-hybridized carbons (Fsp3) is 0.0556. The Bertz CT molecular complexity index is 1420. The molecule has 2 heterocycles. The van der Waals surface area contributed by atoms with Crippen molar-refractivity contribution in [2.75, 3.05) is 4.72 Å². The van der Waals surface area contributed by atoms with E-state index in [0.29, 0.717) is 22.3 Å². The van der Waals surface area contributed by atoms with Crippen LogP contribution in [0.2, 0.25) is 0 Å². The van der Waals surface area contributed by atoms with Crippen LogP contribution in [0.1, 0.15) is 5.56 Å². The van der Waals surface area contributed by atoms with Crippen LogP contribution in [-0.2, 0) is 10.0 Å². The van der Waals surface area contributed by atoms with Crippen molar-refractivity contribution >= 4 is 37.6 Å². The van der Waals surface area contributed by atoms with Gasteiger partial charge in [-0.1, -0.05) is 12.1 Å². The number of H-pyrrole nitrogens is 2. The van der Waals surface area contributed by atoms with Gasteiger partial charge in [0.1, 0.15) is 0 Å². The molecule has 0 saturated carbocycles. The van der Waals surface area contributed by atoms with Crippen LogP contribution in [0.25, 0.3) is 21.9 Å². The van der Waals surface area contributed by atoms with Crippen LogP contribution in [0.4, 0.5) is 5.69 Å². The Morgan fingerprint density at radius 2 is 1.67 bits per heavy atom. The molecule has 0 fully saturated rings. The number of aryl methyl sites for hydroxylation is 1. The van der Waals surface area contributed by atoms with E-state index >= 15 is 0 Å². The number of anilines is 1. The lowest BCUT2D eigenvalue weighted by Crippen LogP contribution is -2.29. The fourth-order valence-corrected chi connectivity index (χ4v) is 4.19. The topological polar surface area (TPSA) is 125 Å². The zero-order valence-corrected chi connectivity index (χ0v) is 14.9. The Morgan fingerprint density at radius 1 is 0.963 bits per heavy atom. The Hall–Kier alpha value is -3.46. The van der Waals surface area contributed by atoms with Gasteiger partial charge in [-0.25, -0.2) is 8.42 Å². The molecule has 0 bridgehead atoms. The quantitative estimate of drug-likeness (QED) is 0.467. The van der Waals surface area contributed by atoms with Gasteiger partial charge in [0.05, 0.1) is 27.1 Å². The molecule has 8 nitrogen and oxygen atoms in total. The first-order valence-electron chi connectivity index (χ1n) is 7.98. The summed E-state index contributed by atoms with van der Waals surface area (Å²) in [6.07, 6.45) is 1.63. The lowest BCUT2D eigenvalue weighted by atomic mass is 10.2. The molecular formula is C18H14N4O4S. The molecule has 136 valence electrons. The number of sulfonamides is 1. The number of hydrogen-bond donors (Lipinski definition) is 3. The largest absolute Gasteiger partial charge is 0.316 e. The first-order chi connectivity index (χ1) is 12.8. The summed E-state index contributed by atoms with van der Waals surface area (Å²) in [4.78, 5) is 32.0. The van der Waals surface area contributed by atoms with Crippen LogP contribution >= 0.6 is 0 Å². The molecule has 0 saturated heterocycles. The third-order valence-electron chi connectivity index (χ3n) is 4.17. The summed E-state index contributed by atoms with van der Waals surface area (Å²) in [6.45, 7) is 1.61. The van der Waals surface area contributed by atoms with E-state index in [9.17, 15) is 18.0 Å². The molecule has 0 radical (unpaired) electrons. The Morgan fingerprint density at radius 3 is 2.41 bits per heavy atom. The van der Waals surface area contributed by atoms with Gasteiger partial charge in [-0.3, -0.25) is 19.3 Å². The smallest absolute Gasteiger partial charge is 0.314 e. The molecule has 27 heavy (non-hydrogen) atoms. The molecule has 0 aliphatic heterocycles. The predicted molar refractivity (Wildman–Crippen MR) is 102 cm³/mol. The molecule has 0 aliphatic rings. The third kappa shape index (κ3) is 3.08. The van der Waals surface area contributed by atoms with E-state index in [1.54, 1.807) is 37.4 Å². The molecule has 0 unspecified atom stereocenters. The van der Waals surface area contributed by atoms with Crippen molar-refractivity contribution in [1.29, 1.82) is 0 Å².